The van der Waals surface area contributed by atoms with E-state index in [2.05, 4.69) is 20.4 Å². The predicted octanol–water partition coefficient (Wildman–Crippen LogP) is 3.86. The Labute approximate surface area is 161 Å². The summed E-state index contributed by atoms with van der Waals surface area (Å²) in [6.45, 7) is 4.10. The van der Waals surface area contributed by atoms with Crippen LogP contribution in [0.25, 0.3) is 11.0 Å². The maximum Gasteiger partial charge on any atom is 0.342 e. The number of aryl methyl sites for hydroxylation is 1. The van der Waals surface area contributed by atoms with Gasteiger partial charge in [0.1, 0.15) is 11.5 Å². The van der Waals surface area contributed by atoms with E-state index < -0.39 is 0 Å². The lowest BCUT2D eigenvalue weighted by molar-refractivity contribution is 0.238. The van der Waals surface area contributed by atoms with Crippen LogP contribution in [0.1, 0.15) is 28.1 Å². The minimum atomic E-state index is -0.309. The molecule has 3 heterocycles. The number of nitrogens with one attached hydrogen (secondary N) is 2. The van der Waals surface area contributed by atoms with Crippen molar-refractivity contribution in [2.75, 3.05) is 0 Å². The molecule has 0 saturated heterocycles. The Kier molecular flexibility index (Phi) is 4.65. The molecule has 3 aromatic heterocycles. The molecule has 6 nitrogen and oxygen atoms in total. The maximum absolute atomic E-state index is 13.0. The molecule has 4 aromatic rings. The average molecular weight is 377 g/mol. The fraction of sp³-hybridized carbons (Fsp3) is 0.190. The summed E-state index contributed by atoms with van der Waals surface area (Å²) < 4.78 is 14.4. The van der Waals surface area contributed by atoms with Gasteiger partial charge < -0.3 is 10.3 Å². The molecule has 0 aliphatic carbocycles. The number of H-pyrrole nitrogens is 1. The Morgan fingerprint density at radius 2 is 2.00 bits per heavy atom. The van der Waals surface area contributed by atoms with Crippen LogP contribution in [0.15, 0.2) is 48.8 Å². The summed E-state index contributed by atoms with van der Waals surface area (Å²) in [7, 11) is 0. The Hall–Kier alpha value is -3.48. The molecule has 0 saturated carbocycles. The van der Waals surface area contributed by atoms with Crippen LogP contribution in [0.4, 0.5) is 9.18 Å². The second kappa shape index (κ2) is 7.26. The fourth-order valence-electron chi connectivity index (χ4n) is 3.33. The van der Waals surface area contributed by atoms with Gasteiger partial charge in [0.15, 0.2) is 0 Å². The van der Waals surface area contributed by atoms with Gasteiger partial charge in [0.2, 0.25) is 0 Å². The molecule has 1 aromatic carbocycles. The van der Waals surface area contributed by atoms with Crippen LogP contribution in [0.5, 0.6) is 0 Å². The van der Waals surface area contributed by atoms with Crippen molar-refractivity contribution in [1.82, 2.24) is 25.1 Å². The van der Waals surface area contributed by atoms with Gasteiger partial charge in [0.05, 0.1) is 5.69 Å². The van der Waals surface area contributed by atoms with E-state index in [4.69, 9.17) is 0 Å². The minimum Gasteiger partial charge on any atom is -0.346 e. The zero-order valence-corrected chi connectivity index (χ0v) is 15.7. The Bertz CT molecular complexity index is 1140. The number of aromatic nitrogens is 4. The molecular formula is C21H20FN5O. The Balaban J connectivity index is 1.53. The van der Waals surface area contributed by atoms with Gasteiger partial charge in [-0.2, -0.15) is 9.78 Å². The van der Waals surface area contributed by atoms with Crippen molar-refractivity contribution < 1.29 is 9.18 Å². The molecule has 0 bridgehead atoms. The molecule has 28 heavy (non-hydrogen) atoms. The van der Waals surface area contributed by atoms with Crippen LogP contribution < -0.4 is 5.32 Å². The lowest BCUT2D eigenvalue weighted by Crippen LogP contribution is -2.29. The molecule has 1 amide bonds. The van der Waals surface area contributed by atoms with Crippen LogP contribution in [-0.4, -0.2) is 25.8 Å². The van der Waals surface area contributed by atoms with Gasteiger partial charge in [-0.05, 0) is 49.2 Å². The van der Waals surface area contributed by atoms with Crippen molar-refractivity contribution in [1.29, 1.82) is 0 Å². The van der Waals surface area contributed by atoms with E-state index in [1.807, 2.05) is 32.2 Å². The van der Waals surface area contributed by atoms with E-state index in [9.17, 15) is 9.18 Å². The molecule has 0 radical (unpaired) electrons. The monoisotopic (exact) mass is 377 g/mol. The fourth-order valence-corrected chi connectivity index (χ4v) is 3.33. The van der Waals surface area contributed by atoms with E-state index in [0.29, 0.717) is 13.0 Å². The second-order valence-electron chi connectivity index (χ2n) is 6.74. The summed E-state index contributed by atoms with van der Waals surface area (Å²) in [5.41, 5.74) is 5.40. The third kappa shape index (κ3) is 3.38. The highest BCUT2D eigenvalue weighted by molar-refractivity contribution is 5.80. The number of nitrogens with zero attached hydrogens (tertiary/aromatic N) is 3. The second-order valence-corrected chi connectivity index (χ2v) is 6.74. The summed E-state index contributed by atoms with van der Waals surface area (Å²) in [5, 5.41) is 8.31. The number of fused-ring (bicyclic) bond motifs is 1. The molecule has 2 N–H and O–H groups in total. The van der Waals surface area contributed by atoms with Crippen molar-refractivity contribution in [2.45, 2.75) is 26.8 Å². The number of benzene rings is 1. The molecule has 4 rings (SSSR count). The highest BCUT2D eigenvalue weighted by Crippen LogP contribution is 2.23. The number of pyridine rings is 1. The number of aromatic amines is 1. The van der Waals surface area contributed by atoms with Crippen LogP contribution >= 0.6 is 0 Å². The Morgan fingerprint density at radius 1 is 1.21 bits per heavy atom. The standard InChI is InChI=1S/C21H20FN5O/c1-13-19(10-16-12-24-20-18(16)4-3-9-23-20)14(2)27(26-13)21(28)25-11-15-5-7-17(22)8-6-15/h3-9,12H,10-11H2,1-2H3,(H,23,24)(H,25,28). The van der Waals surface area contributed by atoms with Crippen LogP contribution in [0.3, 0.4) is 0 Å². The summed E-state index contributed by atoms with van der Waals surface area (Å²) in [6.07, 6.45) is 4.36. The molecular weight excluding hydrogens is 357 g/mol. The van der Waals surface area contributed by atoms with Crippen LogP contribution in [-0.2, 0) is 13.0 Å². The first-order chi connectivity index (χ1) is 13.5. The van der Waals surface area contributed by atoms with Crippen molar-refractivity contribution in [3.63, 3.8) is 0 Å². The zero-order valence-electron chi connectivity index (χ0n) is 15.7. The summed E-state index contributed by atoms with van der Waals surface area (Å²) >= 11 is 0. The summed E-state index contributed by atoms with van der Waals surface area (Å²) in [4.78, 5) is 20.1. The molecule has 0 unspecified atom stereocenters. The number of hydrogen-bond donors (Lipinski definition) is 2. The van der Waals surface area contributed by atoms with Gasteiger partial charge in [-0.3, -0.25) is 0 Å². The molecule has 7 heteroatoms. The summed E-state index contributed by atoms with van der Waals surface area (Å²) in [6, 6.07) is 9.67. The van der Waals surface area contributed by atoms with Crippen LogP contribution in [0.2, 0.25) is 0 Å². The quantitative estimate of drug-likeness (QED) is 0.567. The summed E-state index contributed by atoms with van der Waals surface area (Å²) in [5.74, 6) is -0.300. The molecule has 0 aliphatic rings. The largest absolute Gasteiger partial charge is 0.346 e. The SMILES string of the molecule is Cc1nn(C(=O)NCc2ccc(F)cc2)c(C)c1Cc1c[nH]c2ncccc12. The normalized spacial score (nSPS) is 11.1. The lowest BCUT2D eigenvalue weighted by Gasteiger charge is -2.07. The van der Waals surface area contributed by atoms with Gasteiger partial charge in [0.25, 0.3) is 0 Å². The molecule has 0 aliphatic heterocycles. The Morgan fingerprint density at radius 3 is 2.79 bits per heavy atom. The third-order valence-electron chi connectivity index (χ3n) is 4.89. The van der Waals surface area contributed by atoms with Gasteiger partial charge in [-0.15, -0.1) is 0 Å². The first kappa shape index (κ1) is 17.9. The average Bonchev–Trinajstić information content (AvgIpc) is 3.23. The minimum absolute atomic E-state index is 0.300. The maximum atomic E-state index is 13.0. The van der Waals surface area contributed by atoms with Crippen molar-refractivity contribution in [3.8, 4) is 0 Å². The lowest BCUT2D eigenvalue weighted by atomic mass is 10.0. The molecule has 142 valence electrons. The third-order valence-corrected chi connectivity index (χ3v) is 4.89. The van der Waals surface area contributed by atoms with E-state index in [0.717, 1.165) is 39.1 Å². The van der Waals surface area contributed by atoms with Gasteiger partial charge in [0, 0.05) is 42.0 Å². The molecule has 0 fully saturated rings. The molecule has 0 atom stereocenters. The predicted molar refractivity (Wildman–Crippen MR) is 105 cm³/mol. The number of amides is 1. The van der Waals surface area contributed by atoms with Gasteiger partial charge in [-0.25, -0.2) is 14.2 Å². The van der Waals surface area contributed by atoms with Crippen molar-refractivity contribution >= 4 is 17.1 Å². The topological polar surface area (TPSA) is 75.6 Å². The van der Waals surface area contributed by atoms with Crippen LogP contribution in [0, 0.1) is 19.7 Å². The number of halogens is 1. The molecule has 0 spiro atoms. The van der Waals surface area contributed by atoms with E-state index in [-0.39, 0.29) is 11.8 Å². The van der Waals surface area contributed by atoms with E-state index in [1.165, 1.54) is 16.8 Å². The highest BCUT2D eigenvalue weighted by atomic mass is 19.1. The smallest absolute Gasteiger partial charge is 0.342 e. The van der Waals surface area contributed by atoms with Crippen molar-refractivity contribution in [2.24, 2.45) is 0 Å². The number of carbonyl (C=O) groups excluding carboxylic acids is 1. The van der Waals surface area contributed by atoms with Crippen molar-refractivity contribution in [3.05, 3.63) is 82.7 Å². The number of rotatable bonds is 4. The number of hydrogen-bond acceptors (Lipinski definition) is 3. The van der Waals surface area contributed by atoms with Gasteiger partial charge in [-0.1, -0.05) is 12.1 Å². The highest BCUT2D eigenvalue weighted by Gasteiger charge is 2.18. The first-order valence-corrected chi connectivity index (χ1v) is 9.01. The zero-order chi connectivity index (χ0) is 19.7. The van der Waals surface area contributed by atoms with E-state index in [1.54, 1.807) is 18.3 Å². The van der Waals surface area contributed by atoms with E-state index >= 15 is 0 Å². The number of carbonyl (C=O) groups is 1. The van der Waals surface area contributed by atoms with Gasteiger partial charge >= 0.3 is 6.03 Å². The first-order valence-electron chi connectivity index (χ1n) is 9.01.